The first-order valence-corrected chi connectivity index (χ1v) is 6.34. The zero-order chi connectivity index (χ0) is 13.1. The van der Waals surface area contributed by atoms with Crippen LogP contribution in [0.3, 0.4) is 0 Å². The molecule has 1 N–H and O–H groups in total. The molecular weight excluding hydrogens is 222 g/mol. The second-order valence-corrected chi connectivity index (χ2v) is 4.49. The predicted octanol–water partition coefficient (Wildman–Crippen LogP) is 3.42. The average molecular weight is 241 g/mol. The largest absolute Gasteiger partial charge is 0.392 e. The van der Waals surface area contributed by atoms with Gasteiger partial charge in [-0.25, -0.2) is 0 Å². The van der Waals surface area contributed by atoms with Gasteiger partial charge in [0.25, 0.3) is 0 Å². The first-order chi connectivity index (χ1) is 8.69. The van der Waals surface area contributed by atoms with Crippen LogP contribution in [0.2, 0.25) is 0 Å². The van der Waals surface area contributed by atoms with E-state index in [1.54, 1.807) is 0 Å². The van der Waals surface area contributed by atoms with Gasteiger partial charge in [-0.3, -0.25) is 4.98 Å². The highest BCUT2D eigenvalue weighted by atomic mass is 16.3. The Bertz CT molecular complexity index is 519. The minimum atomic E-state index is 0.0380. The van der Waals surface area contributed by atoms with Crippen molar-refractivity contribution in [2.75, 3.05) is 0 Å². The molecule has 2 aromatic rings. The van der Waals surface area contributed by atoms with Crippen LogP contribution < -0.4 is 0 Å². The summed E-state index contributed by atoms with van der Waals surface area (Å²) in [6, 6.07) is 10.2. The smallest absolute Gasteiger partial charge is 0.0705 e. The molecule has 1 aromatic carbocycles. The first-order valence-electron chi connectivity index (χ1n) is 6.34. The standard InChI is InChI=1S/C16H19NO/c1-4-14-11(2)17-12(3)15(10-18)16(14)13-8-6-5-7-9-13/h5-9,18H,4,10H2,1-3H3. The topological polar surface area (TPSA) is 33.1 Å². The Hall–Kier alpha value is -1.67. The van der Waals surface area contributed by atoms with Crippen molar-refractivity contribution in [3.05, 3.63) is 52.8 Å². The van der Waals surface area contributed by atoms with E-state index in [0.29, 0.717) is 0 Å². The van der Waals surface area contributed by atoms with E-state index in [9.17, 15) is 5.11 Å². The maximum absolute atomic E-state index is 9.63. The van der Waals surface area contributed by atoms with Gasteiger partial charge in [0, 0.05) is 17.0 Å². The van der Waals surface area contributed by atoms with Crippen LogP contribution in [0.25, 0.3) is 11.1 Å². The number of aliphatic hydroxyl groups excluding tert-OH is 1. The molecular formula is C16H19NO. The summed E-state index contributed by atoms with van der Waals surface area (Å²) < 4.78 is 0. The molecule has 18 heavy (non-hydrogen) atoms. The molecule has 0 aliphatic rings. The van der Waals surface area contributed by atoms with Gasteiger partial charge in [0.05, 0.1) is 6.61 Å². The van der Waals surface area contributed by atoms with Gasteiger partial charge in [0.15, 0.2) is 0 Å². The molecule has 1 aromatic heterocycles. The van der Waals surface area contributed by atoms with Crippen molar-refractivity contribution >= 4 is 0 Å². The molecule has 2 nitrogen and oxygen atoms in total. The van der Waals surface area contributed by atoms with Gasteiger partial charge in [-0.15, -0.1) is 0 Å². The number of hydrogen-bond acceptors (Lipinski definition) is 2. The third-order valence-corrected chi connectivity index (χ3v) is 3.39. The average Bonchev–Trinajstić information content (AvgIpc) is 2.39. The molecule has 1 heterocycles. The molecule has 0 aliphatic carbocycles. The highest BCUT2D eigenvalue weighted by Gasteiger charge is 2.15. The monoisotopic (exact) mass is 241 g/mol. The maximum Gasteiger partial charge on any atom is 0.0705 e. The molecule has 0 atom stereocenters. The van der Waals surface area contributed by atoms with Crippen LogP contribution in [0, 0.1) is 13.8 Å². The molecule has 0 radical (unpaired) electrons. The lowest BCUT2D eigenvalue weighted by molar-refractivity contribution is 0.281. The molecule has 0 bridgehead atoms. The van der Waals surface area contributed by atoms with Gasteiger partial charge in [-0.1, -0.05) is 37.3 Å². The molecule has 0 fully saturated rings. The summed E-state index contributed by atoms with van der Waals surface area (Å²) in [7, 11) is 0. The minimum Gasteiger partial charge on any atom is -0.392 e. The summed E-state index contributed by atoms with van der Waals surface area (Å²) in [6.45, 7) is 6.17. The number of benzene rings is 1. The zero-order valence-corrected chi connectivity index (χ0v) is 11.2. The van der Waals surface area contributed by atoms with Gasteiger partial charge >= 0.3 is 0 Å². The number of aromatic nitrogens is 1. The Morgan fingerprint density at radius 3 is 2.17 bits per heavy atom. The molecule has 0 saturated carbocycles. The summed E-state index contributed by atoms with van der Waals surface area (Å²) in [4.78, 5) is 4.54. The van der Waals surface area contributed by atoms with Crippen LogP contribution >= 0.6 is 0 Å². The summed E-state index contributed by atoms with van der Waals surface area (Å²) in [5.74, 6) is 0. The van der Waals surface area contributed by atoms with E-state index in [0.717, 1.165) is 34.5 Å². The van der Waals surface area contributed by atoms with Crippen molar-refractivity contribution in [2.24, 2.45) is 0 Å². The van der Waals surface area contributed by atoms with Crippen LogP contribution in [0.15, 0.2) is 30.3 Å². The Kier molecular flexibility index (Phi) is 3.78. The number of pyridine rings is 1. The van der Waals surface area contributed by atoms with Gasteiger partial charge in [0.1, 0.15) is 0 Å². The first kappa shape index (κ1) is 12.8. The van der Waals surface area contributed by atoms with E-state index in [-0.39, 0.29) is 6.61 Å². The lowest BCUT2D eigenvalue weighted by Crippen LogP contribution is -2.04. The lowest BCUT2D eigenvalue weighted by atomic mass is 9.92. The quantitative estimate of drug-likeness (QED) is 0.893. The van der Waals surface area contributed by atoms with Crippen LogP contribution in [0.1, 0.15) is 29.4 Å². The van der Waals surface area contributed by atoms with Crippen molar-refractivity contribution in [1.29, 1.82) is 0 Å². The van der Waals surface area contributed by atoms with Gasteiger partial charge < -0.3 is 5.11 Å². The number of hydrogen-bond donors (Lipinski definition) is 1. The van der Waals surface area contributed by atoms with E-state index in [4.69, 9.17) is 0 Å². The number of rotatable bonds is 3. The van der Waals surface area contributed by atoms with Crippen molar-refractivity contribution in [3.8, 4) is 11.1 Å². The second-order valence-electron chi connectivity index (χ2n) is 4.49. The van der Waals surface area contributed by atoms with Crippen LogP contribution in [0.4, 0.5) is 0 Å². The van der Waals surface area contributed by atoms with Crippen molar-refractivity contribution in [2.45, 2.75) is 33.8 Å². The van der Waals surface area contributed by atoms with Crippen LogP contribution in [0.5, 0.6) is 0 Å². The van der Waals surface area contributed by atoms with Gasteiger partial charge in [0.2, 0.25) is 0 Å². The predicted molar refractivity (Wildman–Crippen MR) is 74.4 cm³/mol. The molecule has 2 heteroatoms. The summed E-state index contributed by atoms with van der Waals surface area (Å²) in [5, 5.41) is 9.63. The second kappa shape index (κ2) is 5.32. The van der Waals surface area contributed by atoms with Crippen molar-refractivity contribution in [3.63, 3.8) is 0 Å². The van der Waals surface area contributed by atoms with Crippen LogP contribution in [-0.4, -0.2) is 10.1 Å². The number of aliphatic hydroxyl groups is 1. The molecule has 0 amide bonds. The Morgan fingerprint density at radius 2 is 1.61 bits per heavy atom. The highest BCUT2D eigenvalue weighted by molar-refractivity contribution is 5.72. The van der Waals surface area contributed by atoms with E-state index in [2.05, 4.69) is 24.0 Å². The summed E-state index contributed by atoms with van der Waals surface area (Å²) in [6.07, 6.45) is 0.927. The Labute approximate surface area is 108 Å². The third-order valence-electron chi connectivity index (χ3n) is 3.39. The Morgan fingerprint density at radius 1 is 1.00 bits per heavy atom. The van der Waals surface area contributed by atoms with Crippen molar-refractivity contribution < 1.29 is 5.11 Å². The van der Waals surface area contributed by atoms with Gasteiger partial charge in [-0.05, 0) is 37.0 Å². The van der Waals surface area contributed by atoms with Gasteiger partial charge in [-0.2, -0.15) is 0 Å². The van der Waals surface area contributed by atoms with Crippen LogP contribution in [-0.2, 0) is 13.0 Å². The third kappa shape index (κ3) is 2.16. The van der Waals surface area contributed by atoms with E-state index < -0.39 is 0 Å². The number of aryl methyl sites for hydroxylation is 2. The normalized spacial score (nSPS) is 10.7. The summed E-state index contributed by atoms with van der Waals surface area (Å²) in [5.41, 5.74) is 6.48. The van der Waals surface area contributed by atoms with E-state index >= 15 is 0 Å². The minimum absolute atomic E-state index is 0.0380. The molecule has 0 saturated heterocycles. The van der Waals surface area contributed by atoms with E-state index in [1.807, 2.05) is 32.0 Å². The molecule has 0 spiro atoms. The fourth-order valence-electron chi connectivity index (χ4n) is 2.51. The highest BCUT2D eigenvalue weighted by Crippen LogP contribution is 2.31. The SMILES string of the molecule is CCc1c(C)nc(C)c(CO)c1-c1ccccc1. The molecule has 94 valence electrons. The Balaban J connectivity index is 2.77. The lowest BCUT2D eigenvalue weighted by Gasteiger charge is -2.17. The number of nitrogens with zero attached hydrogens (tertiary/aromatic N) is 1. The summed E-state index contributed by atoms with van der Waals surface area (Å²) >= 11 is 0. The fraction of sp³-hybridized carbons (Fsp3) is 0.312. The fourth-order valence-corrected chi connectivity index (χ4v) is 2.51. The molecule has 2 rings (SSSR count). The zero-order valence-electron chi connectivity index (χ0n) is 11.2. The van der Waals surface area contributed by atoms with E-state index in [1.165, 1.54) is 5.56 Å². The maximum atomic E-state index is 9.63. The molecule has 0 aliphatic heterocycles. The molecule has 0 unspecified atom stereocenters. The van der Waals surface area contributed by atoms with Crippen molar-refractivity contribution in [1.82, 2.24) is 4.98 Å².